The normalized spacial score (nSPS) is 16.4. The number of allylic oxidation sites excluding steroid dienone is 4. The fourth-order valence-electron chi connectivity index (χ4n) is 13.2. The second-order valence-corrected chi connectivity index (χ2v) is 25.3. The Morgan fingerprint density at radius 2 is 0.542 bits per heavy atom. The van der Waals surface area contributed by atoms with Gasteiger partial charge in [-0.15, -0.1) is 22.1 Å². The van der Waals surface area contributed by atoms with Crippen molar-refractivity contribution in [2.45, 2.75) is 81.1 Å². The van der Waals surface area contributed by atoms with Gasteiger partial charge in [0, 0.05) is 11.1 Å². The Balaban J connectivity index is 0.0000122. The number of nitrogens with zero attached hydrogens (tertiary/aromatic N) is 4. The molecule has 0 spiro atoms. The monoisotopic (exact) mass is 1510 g/mol. The van der Waals surface area contributed by atoms with Gasteiger partial charge in [0.2, 0.25) is 0 Å². The summed E-state index contributed by atoms with van der Waals surface area (Å²) in [5, 5.41) is 0. The third-order valence-electron chi connectivity index (χ3n) is 18.5. The SMILES string of the molecule is CCC1=C(C)c2nc1cc1[n-]c(c(C)c1CC)c1c3nc(cc4[n-]c(c(C)c4CC)c2-c2ccccc2OCCOCCOc2ccc(cc2)OCCOCCOCCOCCOc2ccc(cc2)OCCOCCOCCOCCOc2ccc(cc2)OCCOCCOc2ccccc2-1)C(CC)=C3C.[Zn+2]. The predicted molar refractivity (Wildman–Crippen MR) is 413 cm³/mol. The summed E-state index contributed by atoms with van der Waals surface area (Å²) in [5.74, 6) is 5.73. The molecular weight excluding hydrogens is 1410 g/mol. The van der Waals surface area contributed by atoms with Crippen LogP contribution < -0.4 is 47.9 Å². The maximum atomic E-state index is 6.71. The summed E-state index contributed by atoms with van der Waals surface area (Å²) in [6.45, 7) is 27.2. The van der Waals surface area contributed by atoms with Crippen LogP contribution in [0.15, 0.2) is 133 Å². The van der Waals surface area contributed by atoms with Crippen molar-refractivity contribution in [3.05, 3.63) is 178 Å². The van der Waals surface area contributed by atoms with Crippen LogP contribution in [-0.4, -0.2) is 169 Å². The van der Waals surface area contributed by atoms with Gasteiger partial charge in [-0.05, 0) is 172 Å². The minimum absolute atomic E-state index is 0. The molecule has 11 aliphatic heterocycles. The molecule has 21 heteroatoms. The molecule has 0 unspecified atom stereocenters. The number of aryl methyl sites for hydroxylation is 4. The number of rotatable bonds is 4. The van der Waals surface area contributed by atoms with E-state index in [2.05, 4.69) is 91.8 Å². The van der Waals surface area contributed by atoms with Gasteiger partial charge in [-0.2, -0.15) is 0 Å². The van der Waals surface area contributed by atoms with E-state index in [-0.39, 0.29) is 19.5 Å². The van der Waals surface area contributed by atoms with Crippen molar-refractivity contribution in [1.82, 2.24) is 19.9 Å². The van der Waals surface area contributed by atoms with E-state index in [0.29, 0.717) is 182 Å². The first-order valence-corrected chi connectivity index (χ1v) is 37.4. The Labute approximate surface area is 642 Å². The molecule has 0 fully saturated rings. The van der Waals surface area contributed by atoms with Crippen LogP contribution in [0, 0.1) is 13.8 Å². The first kappa shape index (κ1) is 80.9. The molecule has 19 rings (SSSR count). The van der Waals surface area contributed by atoms with Crippen molar-refractivity contribution in [2.75, 3.05) is 159 Å². The molecular formula is C86H102N4O16Zn. The second-order valence-electron chi connectivity index (χ2n) is 25.3. The number of hydrogen-bond donors (Lipinski definition) is 0. The van der Waals surface area contributed by atoms with E-state index in [0.717, 1.165) is 160 Å². The Morgan fingerprint density at radius 1 is 0.299 bits per heavy atom. The summed E-state index contributed by atoms with van der Waals surface area (Å²) in [5.41, 5.74) is 19.4. The summed E-state index contributed by atoms with van der Waals surface area (Å²) < 4.78 is 95.3. The number of benzene rings is 5. The average molecular weight is 1510 g/mol. The molecule has 3 aromatic heterocycles. The van der Waals surface area contributed by atoms with E-state index in [1.54, 1.807) is 0 Å². The Kier molecular flexibility index (Phi) is 32.4. The van der Waals surface area contributed by atoms with Crippen LogP contribution in [-0.2, 0) is 70.2 Å². The number of hydrogen-bond acceptors (Lipinski definition) is 18. The molecule has 0 N–H and O–H groups in total. The number of para-hydroxylation sites is 2. The molecule has 11 aliphatic rings. The Hall–Kier alpha value is -8.60. The van der Waals surface area contributed by atoms with E-state index in [1.807, 2.05) is 97.1 Å². The van der Waals surface area contributed by atoms with E-state index in [4.69, 9.17) is 95.7 Å². The van der Waals surface area contributed by atoms with Crippen molar-refractivity contribution in [3.8, 4) is 68.2 Å². The first-order chi connectivity index (χ1) is 52.1. The molecule has 8 aromatic rings. The average Bonchev–Trinajstić information content (AvgIpc) is 1.61. The van der Waals surface area contributed by atoms with E-state index >= 15 is 0 Å². The maximum Gasteiger partial charge on any atom is 2.00 e. The van der Waals surface area contributed by atoms with Crippen molar-refractivity contribution in [3.63, 3.8) is 0 Å². The molecule has 0 amide bonds. The van der Waals surface area contributed by atoms with Crippen LogP contribution in [0.5, 0.6) is 46.0 Å². The summed E-state index contributed by atoms with van der Waals surface area (Å²) in [4.78, 5) is 22.6. The topological polar surface area (TPSA) is 202 Å². The van der Waals surface area contributed by atoms with Crippen molar-refractivity contribution >= 4 is 44.4 Å². The summed E-state index contributed by atoms with van der Waals surface area (Å²) in [6, 6.07) is 43.3. The van der Waals surface area contributed by atoms with Crippen LogP contribution in [0.3, 0.4) is 0 Å². The molecule has 0 aliphatic carbocycles. The predicted octanol–water partition coefficient (Wildman–Crippen LogP) is 15.6. The van der Waals surface area contributed by atoms with Crippen LogP contribution in [0.2, 0.25) is 0 Å². The smallest absolute Gasteiger partial charge is 0.657 e. The third-order valence-corrected chi connectivity index (χ3v) is 18.5. The molecule has 20 nitrogen and oxygen atoms in total. The van der Waals surface area contributed by atoms with Gasteiger partial charge in [-0.3, -0.25) is 0 Å². The summed E-state index contributed by atoms with van der Waals surface area (Å²) >= 11 is 0. The minimum atomic E-state index is 0. The van der Waals surface area contributed by atoms with Gasteiger partial charge >= 0.3 is 19.5 Å². The summed E-state index contributed by atoms with van der Waals surface area (Å²) in [6.07, 6.45) is 3.01. The molecule has 0 radical (unpaired) electrons. The van der Waals surface area contributed by atoms with Gasteiger partial charge in [-0.25, -0.2) is 9.97 Å². The van der Waals surface area contributed by atoms with Crippen molar-refractivity contribution in [1.29, 1.82) is 0 Å². The molecule has 0 saturated carbocycles. The van der Waals surface area contributed by atoms with E-state index in [9.17, 15) is 0 Å². The zero-order valence-corrected chi connectivity index (χ0v) is 66.5. The largest absolute Gasteiger partial charge is 2.00 e. The zero-order valence-electron chi connectivity index (χ0n) is 63.5. The molecule has 0 saturated heterocycles. The second kappa shape index (κ2) is 42.8. The van der Waals surface area contributed by atoms with Crippen molar-refractivity contribution < 1.29 is 95.3 Å². The van der Waals surface area contributed by atoms with E-state index in [1.165, 1.54) is 0 Å². The van der Waals surface area contributed by atoms with Crippen LogP contribution >= 0.6 is 0 Å². The molecule has 5 aromatic carbocycles. The van der Waals surface area contributed by atoms with Crippen LogP contribution in [0.25, 0.3) is 66.6 Å². The molecule has 107 heavy (non-hydrogen) atoms. The molecule has 16 bridgehead atoms. The van der Waals surface area contributed by atoms with Crippen LogP contribution in [0.1, 0.15) is 99.4 Å². The van der Waals surface area contributed by atoms with E-state index < -0.39 is 0 Å². The van der Waals surface area contributed by atoms with Gasteiger partial charge in [-0.1, -0.05) is 98.5 Å². The van der Waals surface area contributed by atoms with Gasteiger partial charge in [0.25, 0.3) is 0 Å². The van der Waals surface area contributed by atoms with Gasteiger partial charge < -0.3 is 85.8 Å². The summed E-state index contributed by atoms with van der Waals surface area (Å²) in [7, 11) is 0. The third kappa shape index (κ3) is 22.3. The molecule has 0 atom stereocenters. The minimum Gasteiger partial charge on any atom is -0.657 e. The number of ether oxygens (including phenoxy) is 16. The number of aromatic nitrogens is 4. The maximum absolute atomic E-state index is 6.71. The molecule has 564 valence electrons. The Morgan fingerprint density at radius 3 is 0.794 bits per heavy atom. The standard InChI is InChI=1S/C86H102N4O16.Zn/c1-9-69-59(5)83-81-73-17-13-15-19-79(73)105-55-47-97-45-53-103-67-29-25-65(26-30-67)101-51-43-95-39-35-91-33-37-93-41-49-99-63-21-23-64(24-22-63)100-50-42-94-38-34-92-36-40-96-44-52-102-66-27-31-68(32-28-66)104-54-46-98-48-56-106-80-20-16-14-18-74(80)82(85-60(6)70(10-2)76(88-85)57-75(69)87-83)86-62(8)72(12-4)78(90-86)58-77-71(11-3)61(7)84(81)89-77;/h13-32,57-58H,9-12,33-56H2,1-8H3;/q-2;+2. The first-order valence-electron chi connectivity index (χ1n) is 37.4. The molecule has 14 heterocycles. The van der Waals surface area contributed by atoms with Crippen molar-refractivity contribution in [2.24, 2.45) is 0 Å². The van der Waals surface area contributed by atoms with Gasteiger partial charge in [0.15, 0.2) is 0 Å². The Bertz CT molecular complexity index is 4070. The van der Waals surface area contributed by atoms with Gasteiger partial charge in [0.05, 0.1) is 128 Å². The fraction of sp³-hybridized carbons (Fsp3) is 0.419. The zero-order chi connectivity index (χ0) is 73.7. The quantitative estimate of drug-likeness (QED) is 0.150. The van der Waals surface area contributed by atoms with Crippen LogP contribution in [0.4, 0.5) is 0 Å². The van der Waals surface area contributed by atoms with Gasteiger partial charge in [0.1, 0.15) is 98.9 Å². The fourth-order valence-corrected chi connectivity index (χ4v) is 13.2.